The molecule has 0 aliphatic carbocycles. The van der Waals surface area contributed by atoms with Crippen LogP contribution in [-0.4, -0.2) is 11.8 Å². The molecule has 5 heteroatoms. The predicted molar refractivity (Wildman–Crippen MR) is 73.7 cm³/mol. The summed E-state index contributed by atoms with van der Waals surface area (Å²) in [6.07, 6.45) is -0.0759. The Labute approximate surface area is 115 Å². The molecule has 0 atom stereocenters. The van der Waals surface area contributed by atoms with Crippen LogP contribution in [0.4, 0.5) is 10.1 Å². The van der Waals surface area contributed by atoms with Crippen molar-refractivity contribution in [1.82, 2.24) is 0 Å². The van der Waals surface area contributed by atoms with Crippen molar-refractivity contribution < 1.29 is 14.0 Å². The highest BCUT2D eigenvalue weighted by Crippen LogP contribution is 2.12. The van der Waals surface area contributed by atoms with E-state index < -0.39 is 11.7 Å². The van der Waals surface area contributed by atoms with Gasteiger partial charge < -0.3 is 11.1 Å². The number of amides is 2. The third kappa shape index (κ3) is 3.41. The fourth-order valence-corrected chi connectivity index (χ4v) is 1.77. The molecule has 0 bridgehead atoms. The first-order chi connectivity index (χ1) is 9.56. The molecule has 2 aromatic rings. The number of hydrogen-bond donors (Lipinski definition) is 2. The number of anilines is 1. The molecule has 0 aromatic heterocycles. The minimum atomic E-state index is -0.574. The van der Waals surface area contributed by atoms with Crippen LogP contribution in [0, 0.1) is 5.82 Å². The largest absolute Gasteiger partial charge is 0.366 e. The van der Waals surface area contributed by atoms with Crippen molar-refractivity contribution in [2.45, 2.75) is 6.42 Å². The van der Waals surface area contributed by atoms with Crippen molar-refractivity contribution >= 4 is 17.5 Å². The highest BCUT2D eigenvalue weighted by atomic mass is 19.1. The fraction of sp³-hybridized carbons (Fsp3) is 0.0667. The van der Waals surface area contributed by atoms with Gasteiger partial charge in [0.05, 0.1) is 6.42 Å². The average Bonchev–Trinajstić information content (AvgIpc) is 2.41. The second-order valence-electron chi connectivity index (χ2n) is 4.26. The SMILES string of the molecule is NC(=O)c1cccc(NC(=O)Cc2ccccc2F)c1. The molecule has 102 valence electrons. The Morgan fingerprint density at radius 3 is 2.55 bits per heavy atom. The lowest BCUT2D eigenvalue weighted by Gasteiger charge is -2.07. The number of hydrogen-bond acceptors (Lipinski definition) is 2. The van der Waals surface area contributed by atoms with Crippen LogP contribution < -0.4 is 11.1 Å². The summed E-state index contributed by atoms with van der Waals surface area (Å²) >= 11 is 0. The molecule has 0 saturated carbocycles. The minimum Gasteiger partial charge on any atom is -0.366 e. The van der Waals surface area contributed by atoms with Crippen molar-refractivity contribution in [3.05, 3.63) is 65.5 Å². The number of carbonyl (C=O) groups is 2. The standard InChI is InChI=1S/C15H13FN2O2/c16-13-7-2-1-4-10(13)9-14(19)18-12-6-3-5-11(8-12)15(17)20/h1-8H,9H2,(H2,17,20)(H,18,19). The molecule has 2 aromatic carbocycles. The van der Waals surface area contributed by atoms with Gasteiger partial charge in [0, 0.05) is 11.3 Å². The van der Waals surface area contributed by atoms with Gasteiger partial charge in [0.2, 0.25) is 11.8 Å². The Balaban J connectivity index is 2.07. The smallest absolute Gasteiger partial charge is 0.248 e. The number of rotatable bonds is 4. The summed E-state index contributed by atoms with van der Waals surface area (Å²) in [5, 5.41) is 2.60. The molecule has 0 spiro atoms. The first-order valence-corrected chi connectivity index (χ1v) is 5.99. The maximum atomic E-state index is 13.4. The van der Waals surface area contributed by atoms with Crippen LogP contribution in [0.5, 0.6) is 0 Å². The summed E-state index contributed by atoms with van der Waals surface area (Å²) in [5.41, 5.74) is 6.22. The molecule has 0 unspecified atom stereocenters. The first-order valence-electron chi connectivity index (χ1n) is 5.99. The molecule has 0 heterocycles. The Morgan fingerprint density at radius 1 is 1.10 bits per heavy atom. The molecule has 0 radical (unpaired) electrons. The summed E-state index contributed by atoms with van der Waals surface area (Å²) in [5.74, 6) is -1.36. The summed E-state index contributed by atoms with van der Waals surface area (Å²) in [6.45, 7) is 0. The lowest BCUT2D eigenvalue weighted by atomic mass is 10.1. The number of nitrogens with one attached hydrogen (secondary N) is 1. The molecule has 4 nitrogen and oxygen atoms in total. The lowest BCUT2D eigenvalue weighted by Crippen LogP contribution is -2.16. The maximum Gasteiger partial charge on any atom is 0.248 e. The number of nitrogens with two attached hydrogens (primary N) is 1. The van der Waals surface area contributed by atoms with Crippen molar-refractivity contribution in [1.29, 1.82) is 0 Å². The average molecular weight is 272 g/mol. The van der Waals surface area contributed by atoms with E-state index in [1.165, 1.54) is 12.1 Å². The summed E-state index contributed by atoms with van der Waals surface area (Å²) < 4.78 is 13.4. The lowest BCUT2D eigenvalue weighted by molar-refractivity contribution is -0.115. The van der Waals surface area contributed by atoms with Crippen molar-refractivity contribution in [2.75, 3.05) is 5.32 Å². The molecular weight excluding hydrogens is 259 g/mol. The predicted octanol–water partition coefficient (Wildman–Crippen LogP) is 2.11. The van der Waals surface area contributed by atoms with Crippen LogP contribution in [0.15, 0.2) is 48.5 Å². The van der Waals surface area contributed by atoms with Crippen LogP contribution >= 0.6 is 0 Å². The van der Waals surface area contributed by atoms with Gasteiger partial charge in [0.1, 0.15) is 5.82 Å². The Morgan fingerprint density at radius 2 is 1.85 bits per heavy atom. The van der Waals surface area contributed by atoms with Gasteiger partial charge in [0.15, 0.2) is 0 Å². The van der Waals surface area contributed by atoms with Gasteiger partial charge in [-0.2, -0.15) is 0 Å². The van der Waals surface area contributed by atoms with E-state index in [0.717, 1.165) is 0 Å². The number of primary amides is 1. The van der Waals surface area contributed by atoms with Crippen LogP contribution in [-0.2, 0) is 11.2 Å². The van der Waals surface area contributed by atoms with Crippen molar-refractivity contribution in [3.8, 4) is 0 Å². The Kier molecular flexibility index (Phi) is 4.10. The van der Waals surface area contributed by atoms with Gasteiger partial charge in [-0.1, -0.05) is 24.3 Å². The highest BCUT2D eigenvalue weighted by molar-refractivity contribution is 5.96. The molecule has 2 rings (SSSR count). The zero-order valence-corrected chi connectivity index (χ0v) is 10.6. The Bertz CT molecular complexity index is 656. The molecule has 0 aliphatic rings. The van der Waals surface area contributed by atoms with E-state index in [2.05, 4.69) is 5.32 Å². The van der Waals surface area contributed by atoms with E-state index in [1.54, 1.807) is 36.4 Å². The molecule has 0 aliphatic heterocycles. The second-order valence-corrected chi connectivity index (χ2v) is 4.26. The van der Waals surface area contributed by atoms with Crippen LogP contribution in [0.2, 0.25) is 0 Å². The minimum absolute atomic E-state index is 0.0759. The molecule has 2 amide bonds. The van der Waals surface area contributed by atoms with E-state index in [-0.39, 0.29) is 12.3 Å². The topological polar surface area (TPSA) is 72.2 Å². The van der Waals surface area contributed by atoms with Gasteiger partial charge >= 0.3 is 0 Å². The third-order valence-corrected chi connectivity index (χ3v) is 2.74. The molecule has 20 heavy (non-hydrogen) atoms. The van der Waals surface area contributed by atoms with Gasteiger partial charge in [-0.05, 0) is 29.8 Å². The van der Waals surface area contributed by atoms with E-state index in [9.17, 15) is 14.0 Å². The van der Waals surface area contributed by atoms with Crippen molar-refractivity contribution in [3.63, 3.8) is 0 Å². The van der Waals surface area contributed by atoms with Gasteiger partial charge in [0.25, 0.3) is 0 Å². The quantitative estimate of drug-likeness (QED) is 0.894. The summed E-state index contributed by atoms with van der Waals surface area (Å²) in [6, 6.07) is 12.3. The van der Waals surface area contributed by atoms with Crippen molar-refractivity contribution in [2.24, 2.45) is 5.73 Å². The van der Waals surface area contributed by atoms with Crippen LogP contribution in [0.1, 0.15) is 15.9 Å². The third-order valence-electron chi connectivity index (χ3n) is 2.74. The highest BCUT2D eigenvalue weighted by Gasteiger charge is 2.09. The number of halogens is 1. The van der Waals surface area contributed by atoms with Crippen LogP contribution in [0.25, 0.3) is 0 Å². The zero-order chi connectivity index (χ0) is 14.5. The molecule has 0 saturated heterocycles. The number of benzene rings is 2. The summed E-state index contributed by atoms with van der Waals surface area (Å²) in [7, 11) is 0. The zero-order valence-electron chi connectivity index (χ0n) is 10.6. The van der Waals surface area contributed by atoms with Gasteiger partial charge in [-0.25, -0.2) is 4.39 Å². The fourth-order valence-electron chi connectivity index (χ4n) is 1.77. The van der Waals surface area contributed by atoms with E-state index in [1.807, 2.05) is 0 Å². The van der Waals surface area contributed by atoms with Gasteiger partial charge in [-0.15, -0.1) is 0 Å². The van der Waals surface area contributed by atoms with Gasteiger partial charge in [-0.3, -0.25) is 9.59 Å². The normalized spacial score (nSPS) is 10.1. The molecular formula is C15H13FN2O2. The van der Waals surface area contributed by atoms with Crippen LogP contribution in [0.3, 0.4) is 0 Å². The second kappa shape index (κ2) is 5.97. The monoisotopic (exact) mass is 272 g/mol. The van der Waals surface area contributed by atoms with E-state index in [4.69, 9.17) is 5.73 Å². The first kappa shape index (κ1) is 13.7. The molecule has 0 fully saturated rings. The molecule has 3 N–H and O–H groups in total. The number of carbonyl (C=O) groups excluding carboxylic acids is 2. The summed E-state index contributed by atoms with van der Waals surface area (Å²) in [4.78, 5) is 22.9. The Hall–Kier alpha value is -2.69. The maximum absolute atomic E-state index is 13.4. The van der Waals surface area contributed by atoms with E-state index in [0.29, 0.717) is 16.8 Å². The van der Waals surface area contributed by atoms with E-state index >= 15 is 0 Å².